The topological polar surface area (TPSA) is 66.3 Å². The van der Waals surface area contributed by atoms with Crippen molar-refractivity contribution in [3.8, 4) is 5.75 Å². The summed E-state index contributed by atoms with van der Waals surface area (Å²) in [5, 5.41) is 3.59. The van der Waals surface area contributed by atoms with E-state index >= 15 is 0 Å². The largest absolute Gasteiger partial charge is 0.497 e. The Bertz CT molecular complexity index is 1010. The number of thioether (sulfide) groups is 1. The SMILES string of the molecule is CCN1CCC2(CC1)N=C(SCC(=O)Nc1ccc(F)cc1)C(c1ccc(OC)cc1)=N2. The van der Waals surface area contributed by atoms with Gasteiger partial charge < -0.3 is 15.0 Å². The first-order valence-corrected chi connectivity index (χ1v) is 11.7. The molecule has 6 nitrogen and oxygen atoms in total. The van der Waals surface area contributed by atoms with Gasteiger partial charge in [0.15, 0.2) is 5.66 Å². The summed E-state index contributed by atoms with van der Waals surface area (Å²) in [6, 6.07) is 13.5. The molecule has 1 saturated heterocycles. The molecular formula is C24H27FN4O2S. The molecule has 0 unspecified atom stereocenters. The van der Waals surface area contributed by atoms with Crippen LogP contribution in [0.2, 0.25) is 0 Å². The highest BCUT2D eigenvalue weighted by Gasteiger charge is 2.39. The number of likely N-dealkylation sites (tertiary alicyclic amines) is 1. The molecule has 0 aliphatic carbocycles. The molecule has 2 aliphatic rings. The second-order valence-corrected chi connectivity index (χ2v) is 8.83. The van der Waals surface area contributed by atoms with Gasteiger partial charge in [-0.15, -0.1) is 0 Å². The Morgan fingerprint density at radius 1 is 1.12 bits per heavy atom. The second-order valence-electron chi connectivity index (χ2n) is 7.87. The lowest BCUT2D eigenvalue weighted by atomic mass is 9.98. The average Bonchev–Trinajstić information content (AvgIpc) is 3.18. The molecule has 2 aromatic rings. The van der Waals surface area contributed by atoms with Crippen LogP contribution in [-0.2, 0) is 4.79 Å². The summed E-state index contributed by atoms with van der Waals surface area (Å²) >= 11 is 1.39. The molecule has 0 aromatic heterocycles. The maximum atomic E-state index is 13.1. The van der Waals surface area contributed by atoms with Crippen LogP contribution in [0.4, 0.5) is 10.1 Å². The van der Waals surface area contributed by atoms with Gasteiger partial charge in [-0.05, 0) is 55.1 Å². The van der Waals surface area contributed by atoms with Crippen molar-refractivity contribution in [3.63, 3.8) is 0 Å². The van der Waals surface area contributed by atoms with Crippen molar-refractivity contribution in [2.45, 2.75) is 25.4 Å². The van der Waals surface area contributed by atoms with Gasteiger partial charge in [-0.2, -0.15) is 0 Å². The molecule has 0 atom stereocenters. The molecule has 0 radical (unpaired) electrons. The number of hydrogen-bond acceptors (Lipinski definition) is 6. The van der Waals surface area contributed by atoms with Crippen LogP contribution >= 0.6 is 11.8 Å². The number of ether oxygens (including phenoxy) is 1. The Morgan fingerprint density at radius 2 is 1.81 bits per heavy atom. The van der Waals surface area contributed by atoms with Crippen molar-refractivity contribution >= 4 is 34.1 Å². The number of carbonyl (C=O) groups is 1. The average molecular weight is 455 g/mol. The number of halogens is 1. The van der Waals surface area contributed by atoms with Gasteiger partial charge in [-0.1, -0.05) is 18.7 Å². The summed E-state index contributed by atoms with van der Waals surface area (Å²) in [6.07, 6.45) is 1.73. The number of nitrogens with one attached hydrogen (secondary N) is 1. The summed E-state index contributed by atoms with van der Waals surface area (Å²) in [5.41, 5.74) is 1.91. The molecule has 168 valence electrons. The lowest BCUT2D eigenvalue weighted by Crippen LogP contribution is -2.41. The van der Waals surface area contributed by atoms with E-state index < -0.39 is 5.66 Å². The number of amides is 1. The van der Waals surface area contributed by atoms with Gasteiger partial charge >= 0.3 is 0 Å². The molecule has 32 heavy (non-hydrogen) atoms. The fourth-order valence-electron chi connectivity index (χ4n) is 3.88. The first-order valence-electron chi connectivity index (χ1n) is 10.8. The summed E-state index contributed by atoms with van der Waals surface area (Å²) in [7, 11) is 1.64. The van der Waals surface area contributed by atoms with E-state index in [1.807, 2.05) is 24.3 Å². The quantitative estimate of drug-likeness (QED) is 0.710. The van der Waals surface area contributed by atoms with Crippen LogP contribution < -0.4 is 10.1 Å². The minimum atomic E-state index is -0.448. The van der Waals surface area contributed by atoms with Crippen molar-refractivity contribution in [3.05, 3.63) is 59.9 Å². The normalized spacial score (nSPS) is 17.7. The number of methoxy groups -OCH3 is 1. The predicted octanol–water partition coefficient (Wildman–Crippen LogP) is 4.22. The second kappa shape index (κ2) is 9.83. The van der Waals surface area contributed by atoms with Crippen molar-refractivity contribution < 1.29 is 13.9 Å². The van der Waals surface area contributed by atoms with E-state index in [1.165, 1.54) is 23.9 Å². The van der Waals surface area contributed by atoms with Crippen LogP contribution in [0, 0.1) is 5.82 Å². The van der Waals surface area contributed by atoms with E-state index in [2.05, 4.69) is 17.1 Å². The van der Waals surface area contributed by atoms with Crippen LogP contribution in [0.3, 0.4) is 0 Å². The molecule has 1 spiro atoms. The standard InChI is InChI=1S/C24H27FN4O2S/c1-3-29-14-12-24(13-15-29)27-22(17-4-10-20(31-2)11-5-17)23(28-24)32-16-21(30)26-19-8-6-18(25)7-9-19/h4-11H,3,12-16H2,1-2H3,(H,26,30). The zero-order valence-electron chi connectivity index (χ0n) is 18.3. The molecule has 2 aliphatic heterocycles. The third-order valence-electron chi connectivity index (χ3n) is 5.77. The van der Waals surface area contributed by atoms with Crippen LogP contribution in [0.5, 0.6) is 5.75 Å². The highest BCUT2D eigenvalue weighted by molar-refractivity contribution is 8.16. The van der Waals surface area contributed by atoms with E-state index in [0.29, 0.717) is 5.69 Å². The maximum Gasteiger partial charge on any atom is 0.234 e. The van der Waals surface area contributed by atoms with E-state index in [1.54, 1.807) is 19.2 Å². The van der Waals surface area contributed by atoms with E-state index in [4.69, 9.17) is 14.7 Å². The number of benzene rings is 2. The summed E-state index contributed by atoms with van der Waals surface area (Å²) in [5.74, 6) is 0.475. The van der Waals surface area contributed by atoms with E-state index in [9.17, 15) is 9.18 Å². The van der Waals surface area contributed by atoms with Crippen LogP contribution in [0.1, 0.15) is 25.3 Å². The first kappa shape index (κ1) is 22.5. The Labute approximate surface area is 192 Å². The van der Waals surface area contributed by atoms with Crippen molar-refractivity contribution in [1.82, 2.24) is 4.90 Å². The number of aliphatic imine (C=N–C) groups is 2. The van der Waals surface area contributed by atoms with Crippen LogP contribution in [-0.4, -0.2) is 59.7 Å². The lowest BCUT2D eigenvalue weighted by molar-refractivity contribution is -0.113. The molecule has 1 fully saturated rings. The van der Waals surface area contributed by atoms with Crippen molar-refractivity contribution in [2.75, 3.05) is 37.8 Å². The molecular weight excluding hydrogens is 427 g/mol. The van der Waals surface area contributed by atoms with E-state index in [-0.39, 0.29) is 17.5 Å². The molecule has 4 rings (SSSR count). The Kier molecular flexibility index (Phi) is 6.91. The minimum absolute atomic E-state index is 0.167. The zero-order chi connectivity index (χ0) is 22.6. The van der Waals surface area contributed by atoms with Gasteiger partial charge in [-0.25, -0.2) is 9.38 Å². The Hall–Kier alpha value is -2.71. The number of anilines is 1. The highest BCUT2D eigenvalue weighted by atomic mass is 32.2. The van der Waals surface area contributed by atoms with Crippen LogP contribution in [0.25, 0.3) is 0 Å². The predicted molar refractivity (Wildman–Crippen MR) is 129 cm³/mol. The van der Waals surface area contributed by atoms with Crippen molar-refractivity contribution in [2.24, 2.45) is 9.98 Å². The zero-order valence-corrected chi connectivity index (χ0v) is 19.1. The van der Waals surface area contributed by atoms with Gasteiger partial charge in [-0.3, -0.25) is 9.79 Å². The molecule has 1 amide bonds. The molecule has 1 N–H and O–H groups in total. The molecule has 0 bridgehead atoms. The summed E-state index contributed by atoms with van der Waals surface area (Å²) in [4.78, 5) is 25.0. The number of rotatable bonds is 6. The molecule has 8 heteroatoms. The third-order valence-corrected chi connectivity index (χ3v) is 6.73. The van der Waals surface area contributed by atoms with Gasteiger partial charge in [0.2, 0.25) is 5.91 Å². The Balaban J connectivity index is 1.50. The lowest BCUT2D eigenvalue weighted by Gasteiger charge is -2.34. The summed E-state index contributed by atoms with van der Waals surface area (Å²) in [6.45, 7) is 5.12. The molecule has 2 heterocycles. The number of hydrogen-bond donors (Lipinski definition) is 1. The number of nitrogens with zero attached hydrogens (tertiary/aromatic N) is 3. The molecule has 0 saturated carbocycles. The van der Waals surface area contributed by atoms with Gasteiger partial charge in [0.05, 0.1) is 18.6 Å². The van der Waals surface area contributed by atoms with Crippen molar-refractivity contribution in [1.29, 1.82) is 0 Å². The fourth-order valence-corrected chi connectivity index (χ4v) is 4.75. The number of carbonyl (C=O) groups excluding carboxylic acids is 1. The van der Waals surface area contributed by atoms with Gasteiger partial charge in [0.1, 0.15) is 16.6 Å². The Morgan fingerprint density at radius 3 is 2.44 bits per heavy atom. The smallest absolute Gasteiger partial charge is 0.234 e. The van der Waals surface area contributed by atoms with Crippen LogP contribution in [0.15, 0.2) is 58.5 Å². The van der Waals surface area contributed by atoms with Gasteiger partial charge in [0.25, 0.3) is 0 Å². The molecule has 2 aromatic carbocycles. The van der Waals surface area contributed by atoms with E-state index in [0.717, 1.165) is 54.5 Å². The summed E-state index contributed by atoms with van der Waals surface area (Å²) < 4.78 is 18.4. The monoisotopic (exact) mass is 454 g/mol. The third kappa shape index (κ3) is 5.19. The first-order chi connectivity index (χ1) is 15.5. The highest BCUT2D eigenvalue weighted by Crippen LogP contribution is 2.35. The number of piperidine rings is 1. The fraction of sp³-hybridized carbons (Fsp3) is 0.375. The maximum absolute atomic E-state index is 13.1. The van der Waals surface area contributed by atoms with Gasteiger partial charge in [0, 0.05) is 37.2 Å². The minimum Gasteiger partial charge on any atom is -0.497 e.